The van der Waals surface area contributed by atoms with Gasteiger partial charge in [0.05, 0.1) is 0 Å². The van der Waals surface area contributed by atoms with E-state index in [0.29, 0.717) is 0 Å². The molecule has 0 aliphatic carbocycles. The van der Waals surface area contributed by atoms with Crippen molar-refractivity contribution in [2.24, 2.45) is 0 Å². The fourth-order valence-corrected chi connectivity index (χ4v) is 8.09. The maximum atomic E-state index is 6.66. The van der Waals surface area contributed by atoms with E-state index in [1.807, 2.05) is 0 Å². The van der Waals surface area contributed by atoms with E-state index in [9.17, 15) is 0 Å². The second-order valence-corrected chi connectivity index (χ2v) is 13.7. The van der Waals surface area contributed by atoms with Gasteiger partial charge in [-0.2, -0.15) is 0 Å². The van der Waals surface area contributed by atoms with Crippen molar-refractivity contribution in [1.82, 2.24) is 0 Å². The van der Waals surface area contributed by atoms with Gasteiger partial charge in [0.1, 0.15) is 22.3 Å². The summed E-state index contributed by atoms with van der Waals surface area (Å²) in [6, 6.07) is 66.6. The zero-order chi connectivity index (χ0) is 34.9. The van der Waals surface area contributed by atoms with E-state index in [-0.39, 0.29) is 0 Å². The van der Waals surface area contributed by atoms with Crippen LogP contribution in [-0.4, -0.2) is 0 Å². The molecule has 53 heavy (non-hydrogen) atoms. The first-order valence-corrected chi connectivity index (χ1v) is 18.0. The van der Waals surface area contributed by atoms with Gasteiger partial charge >= 0.3 is 0 Å². The van der Waals surface area contributed by atoms with Crippen LogP contribution in [0.5, 0.6) is 0 Å². The highest BCUT2D eigenvalue weighted by Gasteiger charge is 2.18. The van der Waals surface area contributed by atoms with Gasteiger partial charge in [-0.25, -0.2) is 0 Å². The van der Waals surface area contributed by atoms with Crippen LogP contribution < -0.4 is 4.90 Å². The largest absolute Gasteiger partial charge is 0.455 e. The Morgan fingerprint density at radius 1 is 0.302 bits per heavy atom. The van der Waals surface area contributed by atoms with Gasteiger partial charge in [0.15, 0.2) is 0 Å². The van der Waals surface area contributed by atoms with Gasteiger partial charge in [-0.05, 0) is 99.8 Å². The molecule has 11 rings (SSSR count). The van der Waals surface area contributed by atoms with Crippen molar-refractivity contribution in [3.05, 3.63) is 188 Å². The van der Waals surface area contributed by atoms with Gasteiger partial charge < -0.3 is 13.7 Å². The Balaban J connectivity index is 1.00. The van der Waals surface area contributed by atoms with Gasteiger partial charge in [0.25, 0.3) is 0 Å². The number of nitrogens with zero attached hydrogens (tertiary/aromatic N) is 1. The average molecular weight is 678 g/mol. The minimum absolute atomic E-state index is 0.883. The average Bonchev–Trinajstić information content (AvgIpc) is 3.80. The van der Waals surface area contributed by atoms with Crippen LogP contribution in [-0.2, 0) is 0 Å². The van der Waals surface area contributed by atoms with Gasteiger partial charge in [-0.3, -0.25) is 0 Å². The lowest BCUT2D eigenvalue weighted by atomic mass is 9.95. The Hall–Kier alpha value is -7.10. The Bertz CT molecular complexity index is 3160. The van der Waals surface area contributed by atoms with Crippen LogP contribution in [0.1, 0.15) is 0 Å². The first kappa shape index (κ1) is 29.6. The highest BCUT2D eigenvalue weighted by atomic mass is 16.3. The Morgan fingerprint density at radius 2 is 0.906 bits per heavy atom. The molecule has 0 radical (unpaired) electrons. The molecular weight excluding hydrogens is 647 g/mol. The second kappa shape index (κ2) is 11.7. The summed E-state index contributed by atoms with van der Waals surface area (Å²) in [5.41, 5.74) is 11.5. The molecule has 0 spiro atoms. The summed E-state index contributed by atoms with van der Waals surface area (Å²) < 4.78 is 13.1. The molecule has 2 aromatic heterocycles. The van der Waals surface area contributed by atoms with Crippen LogP contribution in [0, 0.1) is 0 Å². The number of benzene rings is 9. The highest BCUT2D eigenvalue weighted by Crippen LogP contribution is 2.43. The van der Waals surface area contributed by atoms with Crippen molar-refractivity contribution in [2.45, 2.75) is 0 Å². The molecule has 0 aliphatic heterocycles. The molecule has 248 valence electrons. The molecular formula is C50H31NO2. The number of hydrogen-bond acceptors (Lipinski definition) is 3. The zero-order valence-electron chi connectivity index (χ0n) is 28.7. The normalized spacial score (nSPS) is 11.8. The first-order chi connectivity index (χ1) is 26.3. The van der Waals surface area contributed by atoms with Crippen molar-refractivity contribution in [1.29, 1.82) is 0 Å². The lowest BCUT2D eigenvalue weighted by molar-refractivity contribution is 0.672. The molecule has 0 aliphatic rings. The third-order valence-electron chi connectivity index (χ3n) is 10.6. The summed E-state index contributed by atoms with van der Waals surface area (Å²) in [7, 11) is 0. The summed E-state index contributed by atoms with van der Waals surface area (Å²) >= 11 is 0. The fourth-order valence-electron chi connectivity index (χ4n) is 8.09. The predicted molar refractivity (Wildman–Crippen MR) is 222 cm³/mol. The van der Waals surface area contributed by atoms with Crippen LogP contribution >= 0.6 is 0 Å². The summed E-state index contributed by atoms with van der Waals surface area (Å²) in [6.45, 7) is 0. The van der Waals surface area contributed by atoms with Crippen LogP contribution in [0.25, 0.3) is 87.7 Å². The van der Waals surface area contributed by atoms with Crippen LogP contribution in [0.3, 0.4) is 0 Å². The number of fused-ring (bicyclic) bond motifs is 10. The highest BCUT2D eigenvalue weighted by molar-refractivity contribution is 6.19. The molecule has 9 aromatic carbocycles. The minimum atomic E-state index is 0.883. The standard InChI is InChI=1S/C50H31NO2/c1-3-11-33(12-4-1)44-31-46-41-26-22-35(29-48(41)53-50(46)42-18-10-9-17-40(42)44)32-19-23-37(24-20-32)51(36-14-5-2-6-15-36)38-25-28-47-45(30-38)43-27-21-34-13-7-8-16-39(34)49(43)52-47/h1-31H. The molecule has 0 saturated heterocycles. The molecule has 0 fully saturated rings. The topological polar surface area (TPSA) is 29.5 Å². The van der Waals surface area contributed by atoms with E-state index < -0.39 is 0 Å². The Labute approximate surface area is 305 Å². The van der Waals surface area contributed by atoms with Crippen molar-refractivity contribution < 1.29 is 8.83 Å². The molecule has 0 amide bonds. The quantitative estimate of drug-likeness (QED) is 0.182. The summed E-state index contributed by atoms with van der Waals surface area (Å²) in [6.07, 6.45) is 0. The SMILES string of the molecule is c1ccc(-c2cc3c4ccc(-c5ccc(N(c6ccccc6)c6ccc7oc8c9ccccc9ccc8c7c6)cc5)cc4oc3c3ccccc23)cc1. The van der Waals surface area contributed by atoms with Gasteiger partial charge in [-0.1, -0.05) is 121 Å². The van der Waals surface area contributed by atoms with Crippen LogP contribution in [0.4, 0.5) is 17.1 Å². The minimum Gasteiger partial charge on any atom is -0.455 e. The van der Waals surface area contributed by atoms with Crippen LogP contribution in [0.15, 0.2) is 197 Å². The second-order valence-electron chi connectivity index (χ2n) is 13.7. The van der Waals surface area contributed by atoms with E-state index in [2.05, 4.69) is 193 Å². The molecule has 2 heterocycles. The van der Waals surface area contributed by atoms with Crippen molar-refractivity contribution in [3.8, 4) is 22.3 Å². The Morgan fingerprint density at radius 3 is 1.74 bits per heavy atom. The smallest absolute Gasteiger partial charge is 0.143 e. The summed E-state index contributed by atoms with van der Waals surface area (Å²) in [5.74, 6) is 0. The maximum Gasteiger partial charge on any atom is 0.143 e. The van der Waals surface area contributed by atoms with E-state index in [1.165, 1.54) is 21.9 Å². The summed E-state index contributed by atoms with van der Waals surface area (Å²) in [5, 5.41) is 9.10. The third-order valence-corrected chi connectivity index (χ3v) is 10.6. The monoisotopic (exact) mass is 677 g/mol. The van der Waals surface area contributed by atoms with Gasteiger partial charge in [0, 0.05) is 49.4 Å². The van der Waals surface area contributed by atoms with Crippen molar-refractivity contribution >= 4 is 82.5 Å². The van der Waals surface area contributed by atoms with Gasteiger partial charge in [-0.15, -0.1) is 0 Å². The number of furan rings is 2. The van der Waals surface area contributed by atoms with Crippen LogP contribution in [0.2, 0.25) is 0 Å². The molecule has 3 nitrogen and oxygen atoms in total. The lowest BCUT2D eigenvalue weighted by Gasteiger charge is -2.25. The Kier molecular flexibility index (Phi) is 6.55. The first-order valence-electron chi connectivity index (χ1n) is 18.0. The number of para-hydroxylation sites is 1. The summed E-state index contributed by atoms with van der Waals surface area (Å²) in [4.78, 5) is 2.31. The zero-order valence-corrected chi connectivity index (χ0v) is 28.7. The lowest BCUT2D eigenvalue weighted by Crippen LogP contribution is -2.09. The van der Waals surface area contributed by atoms with Crippen molar-refractivity contribution in [2.75, 3.05) is 4.90 Å². The van der Waals surface area contributed by atoms with E-state index >= 15 is 0 Å². The molecule has 11 aromatic rings. The molecule has 0 atom stereocenters. The molecule has 3 heteroatoms. The van der Waals surface area contributed by atoms with Crippen molar-refractivity contribution in [3.63, 3.8) is 0 Å². The van der Waals surface area contributed by atoms with E-state index in [4.69, 9.17) is 8.83 Å². The predicted octanol–water partition coefficient (Wildman–Crippen LogP) is 14.6. The number of anilines is 3. The number of rotatable bonds is 5. The van der Waals surface area contributed by atoms with E-state index in [0.717, 1.165) is 82.8 Å². The fraction of sp³-hybridized carbons (Fsp3) is 0. The molecule has 0 saturated carbocycles. The van der Waals surface area contributed by atoms with Gasteiger partial charge in [0.2, 0.25) is 0 Å². The van der Waals surface area contributed by atoms with E-state index in [1.54, 1.807) is 0 Å². The maximum absolute atomic E-state index is 6.66. The number of hydrogen-bond donors (Lipinski definition) is 0. The third kappa shape index (κ3) is 4.75. The molecule has 0 bridgehead atoms. The molecule has 0 unspecified atom stereocenters. The molecule has 0 N–H and O–H groups in total.